The van der Waals surface area contributed by atoms with E-state index in [1.165, 1.54) is 25.6 Å². The monoisotopic (exact) mass is 376 g/mol. The molecule has 0 aromatic carbocycles. The molecule has 0 radical (unpaired) electrons. The lowest BCUT2D eigenvalue weighted by Gasteiger charge is -2.27. The molecule has 2 fully saturated rings. The molecule has 0 saturated carbocycles. The van der Waals surface area contributed by atoms with Crippen molar-refractivity contribution < 1.29 is 19.3 Å². The van der Waals surface area contributed by atoms with Crippen LogP contribution in [-0.2, 0) is 14.2 Å². The molecule has 5 atom stereocenters. The molecule has 2 saturated heterocycles. The summed E-state index contributed by atoms with van der Waals surface area (Å²) in [5, 5.41) is 14.1. The van der Waals surface area contributed by atoms with Crippen molar-refractivity contribution in [2.24, 2.45) is 0 Å². The van der Waals surface area contributed by atoms with Crippen molar-refractivity contribution in [1.29, 1.82) is 0 Å². The second kappa shape index (κ2) is 7.35. The van der Waals surface area contributed by atoms with Crippen molar-refractivity contribution in [2.45, 2.75) is 76.2 Å². The van der Waals surface area contributed by atoms with Gasteiger partial charge in [0.1, 0.15) is 35.8 Å². The Balaban J connectivity index is 1.59. The minimum Gasteiger partial charge on any atom is -0.394 e. The fraction of sp³-hybridized carbons (Fsp3) is 0.684. The zero-order valence-electron chi connectivity index (χ0n) is 15.9. The Bertz CT molecular complexity index is 797. The number of aliphatic hydroxyl groups is 1. The van der Waals surface area contributed by atoms with E-state index in [0.717, 1.165) is 24.1 Å². The van der Waals surface area contributed by atoms with Crippen LogP contribution >= 0.6 is 0 Å². The maximum atomic E-state index is 9.82. The number of hydrogen-bond donors (Lipinski definition) is 2. The number of unbranched alkanes of at least 4 members (excludes halogenated alkanes) is 3. The van der Waals surface area contributed by atoms with Gasteiger partial charge in [-0.1, -0.05) is 26.2 Å². The number of nitrogens with two attached hydrogens (primary N) is 1. The topological polar surface area (TPSA) is 104 Å². The minimum atomic E-state index is -0.698. The molecule has 8 nitrogen and oxygen atoms in total. The molecule has 4 heterocycles. The highest BCUT2D eigenvalue weighted by atomic mass is 16.8. The zero-order valence-corrected chi connectivity index (χ0v) is 15.9. The average Bonchev–Trinajstić information content (AvgIpc) is 3.29. The number of nitrogens with zero attached hydrogens (tertiary/aromatic N) is 3. The summed E-state index contributed by atoms with van der Waals surface area (Å²) in [5.74, 6) is 0.409. The van der Waals surface area contributed by atoms with Crippen LogP contribution in [0.15, 0.2) is 18.5 Å². The van der Waals surface area contributed by atoms with Gasteiger partial charge in [-0.15, -0.1) is 0 Å². The SMILES string of the molecule is CCCCCCC1O[C@@H]2[C@@H](CO)O[C@@H](c3ccc4c(N)ncnn34)[C@]2(C)O1. The third-order valence-electron chi connectivity index (χ3n) is 5.67. The maximum Gasteiger partial charge on any atom is 0.159 e. The molecule has 8 heteroatoms. The Hall–Kier alpha value is -1.74. The first-order chi connectivity index (χ1) is 13.1. The van der Waals surface area contributed by atoms with E-state index in [4.69, 9.17) is 19.9 Å². The second-order valence-electron chi connectivity index (χ2n) is 7.57. The van der Waals surface area contributed by atoms with Gasteiger partial charge in [0.25, 0.3) is 0 Å². The van der Waals surface area contributed by atoms with Gasteiger partial charge in [-0.3, -0.25) is 0 Å². The van der Waals surface area contributed by atoms with E-state index < -0.39 is 17.8 Å². The van der Waals surface area contributed by atoms with Gasteiger partial charge in [-0.05, 0) is 31.9 Å². The largest absolute Gasteiger partial charge is 0.394 e. The summed E-state index contributed by atoms with van der Waals surface area (Å²) in [6.45, 7) is 4.07. The van der Waals surface area contributed by atoms with E-state index >= 15 is 0 Å². The van der Waals surface area contributed by atoms with Gasteiger partial charge in [-0.2, -0.15) is 5.10 Å². The van der Waals surface area contributed by atoms with Crippen molar-refractivity contribution >= 4 is 11.3 Å². The normalized spacial score (nSPS) is 33.0. The highest BCUT2D eigenvalue weighted by Crippen LogP contribution is 2.50. The van der Waals surface area contributed by atoms with E-state index in [0.29, 0.717) is 5.82 Å². The Morgan fingerprint density at radius 1 is 1.26 bits per heavy atom. The molecule has 0 spiro atoms. The van der Waals surface area contributed by atoms with Crippen LogP contribution in [0.1, 0.15) is 57.7 Å². The molecule has 2 aromatic heterocycles. The number of nitrogen functional groups attached to an aromatic ring is 1. The number of fused-ring (bicyclic) bond motifs is 2. The lowest BCUT2D eigenvalue weighted by atomic mass is 9.91. The van der Waals surface area contributed by atoms with Crippen LogP contribution < -0.4 is 5.73 Å². The molecule has 148 valence electrons. The van der Waals surface area contributed by atoms with E-state index in [1.54, 1.807) is 4.52 Å². The number of hydrogen-bond acceptors (Lipinski definition) is 7. The molecule has 3 N–H and O–H groups in total. The fourth-order valence-corrected chi connectivity index (χ4v) is 4.26. The number of anilines is 1. The third-order valence-corrected chi connectivity index (χ3v) is 5.67. The molecule has 27 heavy (non-hydrogen) atoms. The van der Waals surface area contributed by atoms with Gasteiger partial charge in [0, 0.05) is 0 Å². The van der Waals surface area contributed by atoms with Crippen molar-refractivity contribution in [3.05, 3.63) is 24.2 Å². The number of aliphatic hydroxyl groups excluding tert-OH is 1. The van der Waals surface area contributed by atoms with Gasteiger partial charge in [-0.25, -0.2) is 9.50 Å². The molecule has 2 aliphatic heterocycles. The van der Waals surface area contributed by atoms with Gasteiger partial charge in [0.05, 0.1) is 12.3 Å². The Kier molecular flexibility index (Phi) is 5.07. The van der Waals surface area contributed by atoms with Crippen LogP contribution in [0.4, 0.5) is 5.82 Å². The van der Waals surface area contributed by atoms with E-state index in [2.05, 4.69) is 17.0 Å². The van der Waals surface area contributed by atoms with Crippen molar-refractivity contribution in [1.82, 2.24) is 14.6 Å². The molecule has 0 aliphatic carbocycles. The van der Waals surface area contributed by atoms with Crippen LogP contribution in [0.2, 0.25) is 0 Å². The van der Waals surface area contributed by atoms with Crippen LogP contribution in [-0.4, -0.2) is 50.4 Å². The number of aromatic nitrogens is 3. The van der Waals surface area contributed by atoms with Gasteiger partial charge >= 0.3 is 0 Å². The minimum absolute atomic E-state index is 0.122. The molecule has 0 amide bonds. The molecule has 1 unspecified atom stereocenters. The summed E-state index contributed by atoms with van der Waals surface area (Å²) >= 11 is 0. The smallest absolute Gasteiger partial charge is 0.159 e. The average molecular weight is 376 g/mol. The first-order valence-corrected chi connectivity index (χ1v) is 9.76. The summed E-state index contributed by atoms with van der Waals surface area (Å²) in [4.78, 5) is 4.03. The predicted octanol–water partition coefficient (Wildman–Crippen LogP) is 2.21. The third kappa shape index (κ3) is 3.10. The van der Waals surface area contributed by atoms with Crippen LogP contribution in [0.5, 0.6) is 0 Å². The Labute approximate surface area is 158 Å². The van der Waals surface area contributed by atoms with Crippen molar-refractivity contribution in [2.75, 3.05) is 12.3 Å². The van der Waals surface area contributed by atoms with Gasteiger partial charge < -0.3 is 25.1 Å². The van der Waals surface area contributed by atoms with Crippen LogP contribution in [0, 0.1) is 0 Å². The van der Waals surface area contributed by atoms with Gasteiger partial charge in [0.15, 0.2) is 12.1 Å². The maximum absolute atomic E-state index is 9.82. The first-order valence-electron chi connectivity index (χ1n) is 9.76. The zero-order chi connectivity index (χ0) is 19.0. The summed E-state index contributed by atoms with van der Waals surface area (Å²) in [7, 11) is 0. The van der Waals surface area contributed by atoms with Crippen LogP contribution in [0.3, 0.4) is 0 Å². The van der Waals surface area contributed by atoms with E-state index in [9.17, 15) is 5.11 Å². The summed E-state index contributed by atoms with van der Waals surface area (Å²) < 4.78 is 20.4. The van der Waals surface area contributed by atoms with Crippen molar-refractivity contribution in [3.63, 3.8) is 0 Å². The standard InChI is InChI=1S/C19H28N4O4/c1-3-4-5-6-7-15-26-17-14(10-24)25-16(19(17,2)27-15)12-8-9-13-18(20)21-11-22-23(12)13/h8-9,11,14-17,24H,3-7,10H2,1-2H3,(H2,20,21,22)/t14-,15?,16+,17-,19+/m1/s1. The molecular formula is C19H28N4O4. The number of rotatable bonds is 7. The molecular weight excluding hydrogens is 348 g/mol. The Morgan fingerprint density at radius 3 is 2.89 bits per heavy atom. The number of ether oxygens (including phenoxy) is 3. The lowest BCUT2D eigenvalue weighted by molar-refractivity contribution is -0.158. The summed E-state index contributed by atoms with van der Waals surface area (Å²) in [6, 6.07) is 3.79. The van der Waals surface area contributed by atoms with Crippen molar-refractivity contribution in [3.8, 4) is 0 Å². The lowest BCUT2D eigenvalue weighted by Crippen LogP contribution is -2.40. The molecule has 0 bridgehead atoms. The quantitative estimate of drug-likeness (QED) is 0.714. The van der Waals surface area contributed by atoms with E-state index in [-0.39, 0.29) is 19.0 Å². The van der Waals surface area contributed by atoms with E-state index in [1.807, 2.05) is 19.1 Å². The van der Waals surface area contributed by atoms with Gasteiger partial charge in [0.2, 0.25) is 0 Å². The van der Waals surface area contributed by atoms with Crippen LogP contribution in [0.25, 0.3) is 5.52 Å². The molecule has 2 aliphatic rings. The highest BCUT2D eigenvalue weighted by Gasteiger charge is 2.62. The molecule has 2 aromatic rings. The Morgan fingerprint density at radius 2 is 2.11 bits per heavy atom. The summed E-state index contributed by atoms with van der Waals surface area (Å²) in [6.07, 6.45) is 5.46. The first kappa shape index (κ1) is 18.6. The second-order valence-corrected chi connectivity index (χ2v) is 7.57. The highest BCUT2D eigenvalue weighted by molar-refractivity contribution is 5.65. The fourth-order valence-electron chi connectivity index (χ4n) is 4.26. The predicted molar refractivity (Wildman–Crippen MR) is 99.0 cm³/mol. The molecule has 4 rings (SSSR count). The summed E-state index contributed by atoms with van der Waals surface area (Å²) in [5.41, 5.74) is 6.80.